The van der Waals surface area contributed by atoms with Gasteiger partial charge in [-0.1, -0.05) is 131 Å². The minimum absolute atomic E-state index is 0.00620. The second-order valence-corrected chi connectivity index (χ2v) is 19.4. The van der Waals surface area contributed by atoms with Gasteiger partial charge in [0.2, 0.25) is 0 Å². The van der Waals surface area contributed by atoms with Gasteiger partial charge in [-0.2, -0.15) is 0 Å². The van der Waals surface area contributed by atoms with Gasteiger partial charge in [-0.25, -0.2) is 0 Å². The van der Waals surface area contributed by atoms with Crippen LogP contribution >= 0.6 is 34.8 Å². The van der Waals surface area contributed by atoms with Crippen molar-refractivity contribution in [3.8, 4) is 0 Å². The van der Waals surface area contributed by atoms with Crippen molar-refractivity contribution in [1.82, 2.24) is 50.4 Å². The average Bonchev–Trinajstić information content (AvgIpc) is 3.93. The molecule has 0 spiro atoms. The summed E-state index contributed by atoms with van der Waals surface area (Å²) in [7, 11) is 0. The number of amides is 1. The van der Waals surface area contributed by atoms with Crippen LogP contribution in [0.5, 0.6) is 0 Å². The molecule has 2 saturated heterocycles. The first-order valence-corrected chi connectivity index (χ1v) is 25.5. The Bertz CT molecular complexity index is 2790. The van der Waals surface area contributed by atoms with Crippen LogP contribution in [0.25, 0.3) is 0 Å². The molecule has 4 aromatic carbocycles. The fraction of sp³-hybridized carbons (Fsp3) is 0.407. The van der Waals surface area contributed by atoms with Crippen LogP contribution in [-0.4, -0.2) is 102 Å². The Labute approximate surface area is 437 Å². The summed E-state index contributed by atoms with van der Waals surface area (Å²) in [5, 5.41) is 19.8. The molecule has 0 bridgehead atoms. The van der Waals surface area contributed by atoms with E-state index in [9.17, 15) is 19.2 Å². The lowest BCUT2D eigenvalue weighted by atomic mass is 9.97. The summed E-state index contributed by atoms with van der Waals surface area (Å²) < 4.78 is 0. The summed E-state index contributed by atoms with van der Waals surface area (Å²) in [6, 6.07) is 30.9. The standard InChI is InChI=1S/C24H26ClN5O2.C16H21N5O.C8H6Cl2O.C6H15N/c1-15-8-9-18(25)10-19(15)23(31)26-11-21-24(32)27-22(29-28-21)20-14-30(12-16(20)2)13-17-6-4-3-5-7-17;1-11-8-21(9-12-5-3-2-4-6-12)10-13(11)15-18-16(22)14(7-17)19-20-15;1-5-2-3-6(9)4-7(5)8(10)11;1-4-7(5-2)6-3/h3-10,16,20H,11-14H2,1-2H3,(H,26,31)(H,27,29,32);2-6,11,13H,7-10,17H2,1H3,(H,18,20,22);2-4H,1H3;4-6H2,1-3H3. The van der Waals surface area contributed by atoms with Crippen molar-refractivity contribution in [2.24, 2.45) is 17.6 Å². The molecule has 1 amide bonds. The van der Waals surface area contributed by atoms with Crippen molar-refractivity contribution in [3.05, 3.63) is 184 Å². The summed E-state index contributed by atoms with van der Waals surface area (Å²) in [6.45, 7) is 23.6. The van der Waals surface area contributed by atoms with Crippen LogP contribution < -0.4 is 22.2 Å². The first-order chi connectivity index (χ1) is 34.5. The van der Waals surface area contributed by atoms with E-state index in [4.69, 9.17) is 40.5 Å². The van der Waals surface area contributed by atoms with Crippen LogP contribution in [0, 0.1) is 25.7 Å². The molecule has 6 aromatic rings. The van der Waals surface area contributed by atoms with E-state index in [1.807, 2.05) is 38.1 Å². The summed E-state index contributed by atoms with van der Waals surface area (Å²) in [5.41, 5.74) is 10.5. The number of halogens is 3. The molecule has 5 N–H and O–H groups in total. The maximum absolute atomic E-state index is 12.6. The Kier molecular flexibility index (Phi) is 22.7. The third-order valence-electron chi connectivity index (χ3n) is 12.9. The van der Waals surface area contributed by atoms with E-state index in [-0.39, 0.29) is 53.3 Å². The SMILES string of the molecule is CC1CN(Cc2ccccc2)CC1c1nnc(CN)c(=O)[nH]1.CCN(CC)CC.Cc1ccc(Cl)cc1C(=O)Cl.Cc1ccc(Cl)cc1C(=O)NCc1nnc(C2CN(Cc3ccccc3)CC2C)[nH]c1=O. The van der Waals surface area contributed by atoms with Crippen LogP contribution in [0.2, 0.25) is 10.0 Å². The highest BCUT2D eigenvalue weighted by molar-refractivity contribution is 6.68. The lowest BCUT2D eigenvalue weighted by Crippen LogP contribution is -2.30. The molecule has 2 aliphatic rings. The topological polar surface area (TPSA) is 199 Å². The number of nitrogens with one attached hydrogen (secondary N) is 3. The number of hydrogen-bond acceptors (Lipinski definition) is 12. The zero-order valence-electron chi connectivity index (χ0n) is 42.3. The van der Waals surface area contributed by atoms with Crippen molar-refractivity contribution in [2.75, 3.05) is 45.8 Å². The molecule has 384 valence electrons. The number of H-pyrrole nitrogens is 2. The molecule has 18 heteroatoms. The predicted octanol–water partition coefficient (Wildman–Crippen LogP) is 8.53. The van der Waals surface area contributed by atoms with E-state index in [0.29, 0.717) is 44.7 Å². The zero-order valence-corrected chi connectivity index (χ0v) is 44.6. The largest absolute Gasteiger partial charge is 0.346 e. The molecule has 4 heterocycles. The van der Waals surface area contributed by atoms with Gasteiger partial charge < -0.3 is 25.9 Å². The number of likely N-dealkylation sites (tertiary alicyclic amines) is 2. The van der Waals surface area contributed by atoms with Crippen molar-refractivity contribution in [2.45, 2.75) is 86.5 Å². The van der Waals surface area contributed by atoms with Crippen LogP contribution in [0.1, 0.15) is 112 Å². The fourth-order valence-electron chi connectivity index (χ4n) is 8.69. The molecule has 8 rings (SSSR count). The van der Waals surface area contributed by atoms with Crippen molar-refractivity contribution in [3.63, 3.8) is 0 Å². The lowest BCUT2D eigenvalue weighted by Gasteiger charge is -2.15. The van der Waals surface area contributed by atoms with Crippen molar-refractivity contribution >= 4 is 46.0 Å². The van der Waals surface area contributed by atoms with Gasteiger partial charge in [0, 0.05) is 78.8 Å². The van der Waals surface area contributed by atoms with Gasteiger partial charge in [0.05, 0.1) is 6.54 Å². The molecule has 0 aliphatic carbocycles. The number of aromatic amines is 2. The quantitative estimate of drug-likeness (QED) is 0.0760. The third kappa shape index (κ3) is 17.0. The molecule has 0 saturated carbocycles. The van der Waals surface area contributed by atoms with Crippen LogP contribution in [0.15, 0.2) is 107 Å². The van der Waals surface area contributed by atoms with E-state index in [1.54, 1.807) is 36.4 Å². The molecule has 4 unspecified atom stereocenters. The third-order valence-corrected chi connectivity index (χ3v) is 13.6. The van der Waals surface area contributed by atoms with E-state index >= 15 is 0 Å². The maximum Gasteiger partial charge on any atom is 0.274 e. The lowest BCUT2D eigenvalue weighted by molar-refractivity contribution is 0.0949. The number of rotatable bonds is 14. The molecule has 72 heavy (non-hydrogen) atoms. The van der Waals surface area contributed by atoms with Crippen LogP contribution in [-0.2, 0) is 26.2 Å². The van der Waals surface area contributed by atoms with Crippen LogP contribution in [0.4, 0.5) is 0 Å². The number of hydrogen-bond donors (Lipinski definition) is 4. The summed E-state index contributed by atoms with van der Waals surface area (Å²) in [4.78, 5) is 60.5. The smallest absolute Gasteiger partial charge is 0.274 e. The second kappa shape index (κ2) is 28.6. The van der Waals surface area contributed by atoms with Gasteiger partial charge in [-0.05, 0) is 103 Å². The van der Waals surface area contributed by atoms with Gasteiger partial charge in [-0.3, -0.25) is 29.0 Å². The number of carbonyl (C=O) groups excluding carboxylic acids is 2. The van der Waals surface area contributed by atoms with Crippen molar-refractivity contribution in [1.29, 1.82) is 0 Å². The first kappa shape index (κ1) is 57.3. The van der Waals surface area contributed by atoms with E-state index in [0.717, 1.165) is 50.4 Å². The van der Waals surface area contributed by atoms with Crippen LogP contribution in [0.3, 0.4) is 0 Å². The van der Waals surface area contributed by atoms with E-state index < -0.39 is 5.24 Å². The second-order valence-electron chi connectivity index (χ2n) is 18.2. The minimum Gasteiger partial charge on any atom is -0.346 e. The highest BCUT2D eigenvalue weighted by Gasteiger charge is 2.34. The zero-order chi connectivity index (χ0) is 52.3. The molecule has 2 fully saturated rings. The van der Waals surface area contributed by atoms with Gasteiger partial charge in [-0.15, -0.1) is 20.4 Å². The summed E-state index contributed by atoms with van der Waals surface area (Å²) in [6.07, 6.45) is 0. The fourth-order valence-corrected chi connectivity index (χ4v) is 9.24. The Hall–Kier alpha value is -5.65. The Morgan fingerprint density at radius 3 is 1.47 bits per heavy atom. The molecular formula is C54H68Cl3N11O4. The molecule has 4 atom stereocenters. The van der Waals surface area contributed by atoms with Gasteiger partial charge >= 0.3 is 0 Å². The molecular weight excluding hydrogens is 973 g/mol. The monoisotopic (exact) mass is 1040 g/mol. The summed E-state index contributed by atoms with van der Waals surface area (Å²) >= 11 is 16.9. The molecule has 2 aliphatic heterocycles. The Morgan fingerprint density at radius 2 is 1.08 bits per heavy atom. The highest BCUT2D eigenvalue weighted by atomic mass is 35.5. The predicted molar refractivity (Wildman–Crippen MR) is 288 cm³/mol. The maximum atomic E-state index is 12.6. The van der Waals surface area contributed by atoms with E-state index in [2.05, 4.69) is 121 Å². The number of benzene rings is 4. The average molecular weight is 1040 g/mol. The minimum atomic E-state index is -0.468. The van der Waals surface area contributed by atoms with E-state index in [1.165, 1.54) is 30.8 Å². The molecule has 15 nitrogen and oxygen atoms in total. The molecule has 2 aromatic heterocycles. The Morgan fingerprint density at radius 1 is 0.653 bits per heavy atom. The number of aryl methyl sites for hydroxylation is 2. The number of aromatic nitrogens is 6. The van der Waals surface area contributed by atoms with Crippen molar-refractivity contribution < 1.29 is 9.59 Å². The van der Waals surface area contributed by atoms with Gasteiger partial charge in [0.1, 0.15) is 23.0 Å². The normalized spacial score (nSPS) is 17.5. The number of nitrogens with zero attached hydrogens (tertiary/aromatic N) is 7. The summed E-state index contributed by atoms with van der Waals surface area (Å²) in [5.74, 6) is 2.05. The molecule has 0 radical (unpaired) electrons. The van der Waals surface area contributed by atoms with Gasteiger partial charge in [0.25, 0.3) is 22.3 Å². The number of carbonyl (C=O) groups is 2. The number of nitrogens with two attached hydrogens (primary N) is 1. The first-order valence-electron chi connectivity index (χ1n) is 24.4. The Balaban J connectivity index is 0.000000206. The highest BCUT2D eigenvalue weighted by Crippen LogP contribution is 2.32. The van der Waals surface area contributed by atoms with Gasteiger partial charge in [0.15, 0.2) is 0 Å².